The largest absolute Gasteiger partial charge is 0.357 e. The Morgan fingerprint density at radius 3 is 2.38 bits per heavy atom. The van der Waals surface area contributed by atoms with Crippen LogP contribution in [-0.2, 0) is 4.79 Å². The van der Waals surface area contributed by atoms with Crippen LogP contribution in [0.15, 0.2) is 4.99 Å². The molecule has 0 aromatic carbocycles. The number of carbonyl (C=O) groups is 1. The first kappa shape index (κ1) is 21.5. The lowest BCUT2D eigenvalue weighted by Gasteiger charge is -2.12. The van der Waals surface area contributed by atoms with Crippen molar-refractivity contribution < 1.29 is 4.79 Å². The predicted octanol–water partition coefficient (Wildman–Crippen LogP) is 3.05. The van der Waals surface area contributed by atoms with E-state index in [9.17, 15) is 4.79 Å². The molecule has 2 fully saturated rings. The van der Waals surface area contributed by atoms with Crippen LogP contribution >= 0.6 is 24.0 Å². The van der Waals surface area contributed by atoms with Gasteiger partial charge >= 0.3 is 0 Å². The molecule has 0 bridgehead atoms. The fourth-order valence-corrected chi connectivity index (χ4v) is 3.23. The van der Waals surface area contributed by atoms with E-state index in [1.165, 1.54) is 44.9 Å². The minimum Gasteiger partial charge on any atom is -0.357 e. The third-order valence-electron chi connectivity index (χ3n) is 4.77. The van der Waals surface area contributed by atoms with E-state index in [4.69, 9.17) is 0 Å². The Hall–Kier alpha value is -0.530. The molecule has 0 heterocycles. The lowest BCUT2D eigenvalue weighted by atomic mass is 10.0. The van der Waals surface area contributed by atoms with Crippen LogP contribution in [0.25, 0.3) is 0 Å². The number of unbranched alkanes of at least 4 members (excludes halogenated alkanes) is 1. The summed E-state index contributed by atoms with van der Waals surface area (Å²) in [6.45, 7) is 5.22. The molecule has 0 saturated heterocycles. The Labute approximate surface area is 164 Å². The summed E-state index contributed by atoms with van der Waals surface area (Å²) in [5, 5.41) is 9.52. The van der Waals surface area contributed by atoms with Crippen LogP contribution in [0.2, 0.25) is 0 Å². The quantitative estimate of drug-likeness (QED) is 0.208. The van der Waals surface area contributed by atoms with Crippen molar-refractivity contribution in [1.82, 2.24) is 16.0 Å². The summed E-state index contributed by atoms with van der Waals surface area (Å²) in [5.41, 5.74) is 0. The molecule has 2 rings (SSSR count). The molecule has 140 valence electrons. The van der Waals surface area contributed by atoms with E-state index in [1.54, 1.807) is 0 Å². The van der Waals surface area contributed by atoms with Gasteiger partial charge in [-0.05, 0) is 32.1 Å². The first-order valence-corrected chi connectivity index (χ1v) is 9.59. The van der Waals surface area contributed by atoms with Gasteiger partial charge in [-0.15, -0.1) is 24.0 Å². The maximum Gasteiger partial charge on any atom is 0.223 e. The van der Waals surface area contributed by atoms with Gasteiger partial charge in [0.1, 0.15) is 0 Å². The average molecular weight is 450 g/mol. The maximum atomic E-state index is 11.5. The summed E-state index contributed by atoms with van der Waals surface area (Å²) in [6, 6.07) is 0. The summed E-state index contributed by atoms with van der Waals surface area (Å²) >= 11 is 0. The second-order valence-corrected chi connectivity index (χ2v) is 6.90. The summed E-state index contributed by atoms with van der Waals surface area (Å²) in [7, 11) is 0. The van der Waals surface area contributed by atoms with E-state index < -0.39 is 0 Å². The van der Waals surface area contributed by atoms with Crippen molar-refractivity contribution in [3.63, 3.8) is 0 Å². The molecule has 2 aliphatic rings. The number of hydrogen-bond donors (Lipinski definition) is 3. The van der Waals surface area contributed by atoms with Crippen LogP contribution < -0.4 is 16.0 Å². The molecular formula is C18H35IN4O. The van der Waals surface area contributed by atoms with Gasteiger partial charge in [0.05, 0.1) is 0 Å². The normalized spacial score (nSPS) is 18.1. The number of halogens is 1. The highest BCUT2D eigenvalue weighted by molar-refractivity contribution is 14.0. The van der Waals surface area contributed by atoms with Gasteiger partial charge in [0.15, 0.2) is 5.96 Å². The molecule has 0 atom stereocenters. The van der Waals surface area contributed by atoms with E-state index in [-0.39, 0.29) is 35.8 Å². The molecule has 0 aromatic rings. The lowest BCUT2D eigenvalue weighted by molar-refractivity contribution is -0.122. The Kier molecular flexibility index (Phi) is 11.5. The highest BCUT2D eigenvalue weighted by Gasteiger charge is 2.28. The molecule has 6 heteroatoms. The maximum absolute atomic E-state index is 11.5. The molecule has 24 heavy (non-hydrogen) atoms. The number of guanidine groups is 1. The fourth-order valence-electron chi connectivity index (χ4n) is 3.23. The monoisotopic (exact) mass is 450 g/mol. The number of rotatable bonds is 10. The molecule has 0 unspecified atom stereocenters. The van der Waals surface area contributed by atoms with Gasteiger partial charge in [0, 0.05) is 32.1 Å². The molecule has 3 N–H and O–H groups in total. The summed E-state index contributed by atoms with van der Waals surface area (Å²) < 4.78 is 0. The third-order valence-corrected chi connectivity index (χ3v) is 4.77. The molecule has 2 saturated carbocycles. The third kappa shape index (κ3) is 9.08. The average Bonchev–Trinajstić information content (AvgIpc) is 3.28. The number of carbonyl (C=O) groups excluding carboxylic acids is 1. The SMILES string of the molecule is CCNC(=NCCCCC1CCCC1)NCCNC(=O)C1CC1.I. The standard InChI is InChI=1S/C18H34N4O.HI/c1-2-19-18(22-14-13-20-17(23)16-10-11-16)21-12-6-5-9-15-7-3-4-8-15;/h15-16H,2-14H2,1H3,(H,20,23)(H2,19,21,22);1H. The van der Waals surface area contributed by atoms with Crippen LogP contribution in [0.5, 0.6) is 0 Å². The van der Waals surface area contributed by atoms with Gasteiger partial charge < -0.3 is 16.0 Å². The van der Waals surface area contributed by atoms with Crippen molar-refractivity contribution >= 4 is 35.8 Å². The van der Waals surface area contributed by atoms with Crippen LogP contribution in [0.4, 0.5) is 0 Å². The number of hydrogen-bond acceptors (Lipinski definition) is 2. The fraction of sp³-hybridized carbons (Fsp3) is 0.889. The summed E-state index contributed by atoms with van der Waals surface area (Å²) in [6.07, 6.45) is 11.7. The molecule has 1 amide bonds. The molecule has 5 nitrogen and oxygen atoms in total. The molecular weight excluding hydrogens is 415 g/mol. The van der Waals surface area contributed by atoms with E-state index in [0.29, 0.717) is 6.54 Å². The number of amides is 1. The summed E-state index contributed by atoms with van der Waals surface area (Å²) in [4.78, 5) is 16.2. The van der Waals surface area contributed by atoms with E-state index in [0.717, 1.165) is 44.4 Å². The van der Waals surface area contributed by atoms with Crippen molar-refractivity contribution in [2.45, 2.75) is 64.7 Å². The first-order valence-electron chi connectivity index (χ1n) is 9.59. The Bertz CT molecular complexity index is 379. The minimum absolute atomic E-state index is 0. The highest BCUT2D eigenvalue weighted by atomic mass is 127. The van der Waals surface area contributed by atoms with Crippen molar-refractivity contribution in [3.8, 4) is 0 Å². The zero-order valence-corrected chi connectivity index (χ0v) is 17.4. The zero-order valence-electron chi connectivity index (χ0n) is 15.1. The lowest BCUT2D eigenvalue weighted by Crippen LogP contribution is -2.41. The predicted molar refractivity (Wildman–Crippen MR) is 111 cm³/mol. The van der Waals surface area contributed by atoms with Crippen molar-refractivity contribution in [2.24, 2.45) is 16.8 Å². The Morgan fingerprint density at radius 2 is 1.71 bits per heavy atom. The molecule has 0 spiro atoms. The second-order valence-electron chi connectivity index (χ2n) is 6.90. The van der Waals surface area contributed by atoms with Crippen molar-refractivity contribution in [1.29, 1.82) is 0 Å². The van der Waals surface area contributed by atoms with Crippen molar-refractivity contribution in [2.75, 3.05) is 26.2 Å². The number of nitrogens with zero attached hydrogens (tertiary/aromatic N) is 1. The van der Waals surface area contributed by atoms with Gasteiger partial charge in [-0.25, -0.2) is 0 Å². The van der Waals surface area contributed by atoms with Gasteiger partial charge in [0.2, 0.25) is 5.91 Å². The highest BCUT2D eigenvalue weighted by Crippen LogP contribution is 2.29. The second kappa shape index (κ2) is 12.8. The zero-order chi connectivity index (χ0) is 16.3. The molecule has 0 radical (unpaired) electrons. The van der Waals surface area contributed by atoms with E-state index >= 15 is 0 Å². The number of aliphatic imine (C=N–C) groups is 1. The van der Waals surface area contributed by atoms with Gasteiger partial charge in [0.25, 0.3) is 0 Å². The topological polar surface area (TPSA) is 65.5 Å². The van der Waals surface area contributed by atoms with E-state index in [2.05, 4.69) is 27.9 Å². The van der Waals surface area contributed by atoms with Crippen LogP contribution in [0.3, 0.4) is 0 Å². The minimum atomic E-state index is 0. The number of nitrogens with one attached hydrogen (secondary N) is 3. The molecule has 0 aromatic heterocycles. The van der Waals surface area contributed by atoms with Gasteiger partial charge in [-0.1, -0.05) is 38.5 Å². The van der Waals surface area contributed by atoms with Crippen LogP contribution in [-0.4, -0.2) is 38.0 Å². The van der Waals surface area contributed by atoms with Crippen LogP contribution in [0.1, 0.15) is 64.7 Å². The Balaban J connectivity index is 0.00000288. The van der Waals surface area contributed by atoms with Gasteiger partial charge in [-0.2, -0.15) is 0 Å². The van der Waals surface area contributed by atoms with E-state index in [1.807, 2.05) is 0 Å². The van der Waals surface area contributed by atoms with Gasteiger partial charge in [-0.3, -0.25) is 9.79 Å². The van der Waals surface area contributed by atoms with Crippen molar-refractivity contribution in [3.05, 3.63) is 0 Å². The molecule has 0 aliphatic heterocycles. The smallest absolute Gasteiger partial charge is 0.223 e. The first-order chi connectivity index (χ1) is 11.3. The Morgan fingerprint density at radius 1 is 1.00 bits per heavy atom. The van der Waals surface area contributed by atoms with Crippen LogP contribution in [0, 0.1) is 11.8 Å². The molecule has 2 aliphatic carbocycles. The summed E-state index contributed by atoms with van der Waals surface area (Å²) in [5.74, 6) is 2.35.